The zero-order valence-corrected chi connectivity index (χ0v) is 10.5. The van der Waals surface area contributed by atoms with Gasteiger partial charge in [0, 0.05) is 6.92 Å². The van der Waals surface area contributed by atoms with Crippen molar-refractivity contribution < 1.29 is 14.3 Å². The maximum atomic E-state index is 10.7. The Balaban J connectivity index is 2.80. The number of hydrogen-bond acceptors (Lipinski definition) is 4. The summed E-state index contributed by atoms with van der Waals surface area (Å²) in [4.78, 5) is 10.7. The van der Waals surface area contributed by atoms with E-state index in [4.69, 9.17) is 9.47 Å². The number of nitrogens with one attached hydrogen (secondary N) is 1. The van der Waals surface area contributed by atoms with Crippen molar-refractivity contribution >= 4 is 12.1 Å². The van der Waals surface area contributed by atoms with Crippen molar-refractivity contribution in [3.8, 4) is 11.5 Å². The van der Waals surface area contributed by atoms with Gasteiger partial charge >= 0.3 is 0 Å². The molecule has 1 aromatic carbocycles. The van der Waals surface area contributed by atoms with Crippen molar-refractivity contribution in [2.75, 3.05) is 13.7 Å². The maximum absolute atomic E-state index is 10.7. The molecule has 0 saturated carbocycles. The minimum Gasteiger partial charge on any atom is -0.493 e. The Labute approximate surface area is 106 Å². The summed E-state index contributed by atoms with van der Waals surface area (Å²) in [7, 11) is 1.56. The van der Waals surface area contributed by atoms with Crippen LogP contribution in [0.2, 0.25) is 0 Å². The molecular formula is C13H16N2O3. The third kappa shape index (κ3) is 4.29. The van der Waals surface area contributed by atoms with E-state index in [-0.39, 0.29) is 5.91 Å². The highest BCUT2D eigenvalue weighted by molar-refractivity contribution is 5.82. The van der Waals surface area contributed by atoms with Crippen molar-refractivity contribution in [3.05, 3.63) is 36.4 Å². The average Bonchev–Trinajstić information content (AvgIpc) is 2.36. The molecule has 0 atom stereocenters. The first kappa shape index (κ1) is 13.8. The van der Waals surface area contributed by atoms with Crippen LogP contribution in [-0.4, -0.2) is 25.8 Å². The summed E-state index contributed by atoms with van der Waals surface area (Å²) < 4.78 is 10.6. The van der Waals surface area contributed by atoms with Gasteiger partial charge in [0.2, 0.25) is 5.91 Å². The molecule has 0 fully saturated rings. The van der Waals surface area contributed by atoms with Crippen LogP contribution in [0.3, 0.4) is 0 Å². The fourth-order valence-corrected chi connectivity index (χ4v) is 1.23. The Morgan fingerprint density at radius 2 is 2.28 bits per heavy atom. The van der Waals surface area contributed by atoms with Crippen LogP contribution in [0.5, 0.6) is 11.5 Å². The Morgan fingerprint density at radius 1 is 1.50 bits per heavy atom. The first-order valence-electron chi connectivity index (χ1n) is 5.38. The average molecular weight is 248 g/mol. The number of carbonyl (C=O) groups is 1. The lowest BCUT2D eigenvalue weighted by Gasteiger charge is -2.09. The van der Waals surface area contributed by atoms with Crippen LogP contribution >= 0.6 is 0 Å². The summed E-state index contributed by atoms with van der Waals surface area (Å²) in [6, 6.07) is 5.35. The lowest BCUT2D eigenvalue weighted by Crippen LogP contribution is -2.12. The van der Waals surface area contributed by atoms with Gasteiger partial charge in [0.15, 0.2) is 11.5 Å². The summed E-state index contributed by atoms with van der Waals surface area (Å²) in [5.41, 5.74) is 3.12. The predicted octanol–water partition coefficient (Wildman–Crippen LogP) is 1.73. The molecular weight excluding hydrogens is 232 g/mol. The molecule has 1 amide bonds. The van der Waals surface area contributed by atoms with E-state index in [1.165, 1.54) is 13.1 Å². The number of nitrogens with zero attached hydrogens (tertiary/aromatic N) is 1. The first-order chi connectivity index (χ1) is 8.67. The van der Waals surface area contributed by atoms with Crippen LogP contribution in [0, 0.1) is 0 Å². The molecule has 1 aromatic rings. The largest absolute Gasteiger partial charge is 0.493 e. The van der Waals surface area contributed by atoms with Gasteiger partial charge in [0.05, 0.1) is 13.3 Å². The van der Waals surface area contributed by atoms with Gasteiger partial charge in [0.1, 0.15) is 6.61 Å². The predicted molar refractivity (Wildman–Crippen MR) is 70.1 cm³/mol. The maximum Gasteiger partial charge on any atom is 0.236 e. The van der Waals surface area contributed by atoms with Crippen molar-refractivity contribution in [1.82, 2.24) is 5.43 Å². The number of benzene rings is 1. The minimum atomic E-state index is -0.218. The summed E-state index contributed by atoms with van der Waals surface area (Å²) in [6.45, 7) is 5.38. The molecule has 0 aliphatic heterocycles. The third-order valence-electron chi connectivity index (χ3n) is 1.98. The van der Waals surface area contributed by atoms with Gasteiger partial charge in [-0.1, -0.05) is 12.7 Å². The van der Waals surface area contributed by atoms with E-state index in [9.17, 15) is 4.79 Å². The lowest BCUT2D eigenvalue weighted by molar-refractivity contribution is -0.118. The second kappa shape index (κ2) is 7.11. The normalized spacial score (nSPS) is 10.1. The molecule has 1 rings (SSSR count). The van der Waals surface area contributed by atoms with Gasteiger partial charge in [-0.05, 0) is 23.8 Å². The van der Waals surface area contributed by atoms with Crippen molar-refractivity contribution in [3.63, 3.8) is 0 Å². The Hall–Kier alpha value is -2.30. The van der Waals surface area contributed by atoms with E-state index >= 15 is 0 Å². The number of methoxy groups -OCH3 is 1. The lowest BCUT2D eigenvalue weighted by atomic mass is 10.2. The van der Waals surface area contributed by atoms with Crippen molar-refractivity contribution in [2.45, 2.75) is 6.92 Å². The van der Waals surface area contributed by atoms with Gasteiger partial charge in [-0.25, -0.2) is 5.43 Å². The summed E-state index contributed by atoms with van der Waals surface area (Å²) in [6.07, 6.45) is 3.19. The molecule has 0 bridgehead atoms. The molecule has 96 valence electrons. The number of rotatable bonds is 6. The van der Waals surface area contributed by atoms with Crippen LogP contribution in [0.25, 0.3) is 0 Å². The topological polar surface area (TPSA) is 59.9 Å². The molecule has 5 heteroatoms. The van der Waals surface area contributed by atoms with Crippen LogP contribution in [0.4, 0.5) is 0 Å². The van der Waals surface area contributed by atoms with Crippen molar-refractivity contribution in [1.29, 1.82) is 0 Å². The Kier molecular flexibility index (Phi) is 5.44. The van der Waals surface area contributed by atoms with E-state index in [0.29, 0.717) is 18.1 Å². The van der Waals surface area contributed by atoms with Gasteiger partial charge in [-0.3, -0.25) is 4.79 Å². The number of ether oxygens (including phenoxy) is 2. The number of hydrazone groups is 1. The number of amides is 1. The molecule has 0 unspecified atom stereocenters. The van der Waals surface area contributed by atoms with E-state index in [2.05, 4.69) is 17.1 Å². The molecule has 0 heterocycles. The zero-order valence-electron chi connectivity index (χ0n) is 10.5. The zero-order chi connectivity index (χ0) is 13.4. The van der Waals surface area contributed by atoms with E-state index in [1.54, 1.807) is 25.3 Å². The number of carbonyl (C=O) groups excluding carboxylic acids is 1. The molecule has 0 saturated heterocycles. The third-order valence-corrected chi connectivity index (χ3v) is 1.98. The second-order valence-corrected chi connectivity index (χ2v) is 3.44. The van der Waals surface area contributed by atoms with E-state index in [0.717, 1.165) is 5.56 Å². The smallest absolute Gasteiger partial charge is 0.236 e. The standard InChI is InChI=1S/C13H16N2O3/c1-4-7-18-12-6-5-11(8-13(12)17-3)9-14-15-10(2)16/h4-6,8-9H,1,7H2,2-3H3,(H,15,16). The molecule has 0 aromatic heterocycles. The summed E-state index contributed by atoms with van der Waals surface area (Å²) in [5.74, 6) is 1.02. The molecule has 0 radical (unpaired) electrons. The van der Waals surface area contributed by atoms with Crippen LogP contribution in [0.15, 0.2) is 36.0 Å². The minimum absolute atomic E-state index is 0.218. The summed E-state index contributed by atoms with van der Waals surface area (Å²) in [5, 5.41) is 3.77. The van der Waals surface area contributed by atoms with Crippen molar-refractivity contribution in [2.24, 2.45) is 5.10 Å². The van der Waals surface area contributed by atoms with E-state index < -0.39 is 0 Å². The molecule has 18 heavy (non-hydrogen) atoms. The molecule has 5 nitrogen and oxygen atoms in total. The van der Waals surface area contributed by atoms with Crippen LogP contribution in [0.1, 0.15) is 12.5 Å². The molecule has 0 aliphatic rings. The summed E-state index contributed by atoms with van der Waals surface area (Å²) >= 11 is 0. The SMILES string of the molecule is C=CCOc1ccc(C=NNC(C)=O)cc1OC. The Morgan fingerprint density at radius 3 is 2.89 bits per heavy atom. The Bertz CT molecular complexity index is 456. The van der Waals surface area contributed by atoms with Gasteiger partial charge in [-0.2, -0.15) is 5.10 Å². The van der Waals surface area contributed by atoms with E-state index in [1.807, 2.05) is 6.07 Å². The van der Waals surface area contributed by atoms with Gasteiger partial charge in [-0.15, -0.1) is 0 Å². The molecule has 0 spiro atoms. The second-order valence-electron chi connectivity index (χ2n) is 3.44. The molecule has 0 aliphatic carbocycles. The first-order valence-corrected chi connectivity index (χ1v) is 5.38. The van der Waals surface area contributed by atoms with Gasteiger partial charge < -0.3 is 9.47 Å². The monoisotopic (exact) mass is 248 g/mol. The van der Waals surface area contributed by atoms with Crippen LogP contribution < -0.4 is 14.9 Å². The fraction of sp³-hybridized carbons (Fsp3) is 0.231. The molecule has 1 N–H and O–H groups in total. The van der Waals surface area contributed by atoms with Crippen LogP contribution in [-0.2, 0) is 4.79 Å². The highest BCUT2D eigenvalue weighted by Crippen LogP contribution is 2.27. The quantitative estimate of drug-likeness (QED) is 0.474. The highest BCUT2D eigenvalue weighted by atomic mass is 16.5. The fourth-order valence-electron chi connectivity index (χ4n) is 1.23. The highest BCUT2D eigenvalue weighted by Gasteiger charge is 2.04. The van der Waals surface area contributed by atoms with Gasteiger partial charge in [0.25, 0.3) is 0 Å². The number of hydrogen-bond donors (Lipinski definition) is 1.